The van der Waals surface area contributed by atoms with Gasteiger partial charge in [0.15, 0.2) is 5.82 Å². The maximum Gasteiger partial charge on any atom is 0.183 e. The van der Waals surface area contributed by atoms with Crippen molar-refractivity contribution in [2.75, 3.05) is 5.73 Å². The van der Waals surface area contributed by atoms with Crippen LogP contribution in [0.3, 0.4) is 0 Å². The minimum Gasteiger partial charge on any atom is -0.399 e. The molecule has 0 fully saturated rings. The summed E-state index contributed by atoms with van der Waals surface area (Å²) >= 11 is 6.21. The standard InChI is InChI=1S/C13H18ClN5/c1-3-9(4-2)8-19-13(16-17-18-19)11-6-5-10(15)7-12(11)14/h5-7,9H,3-4,8,15H2,1-2H3. The van der Waals surface area contributed by atoms with Crippen molar-refractivity contribution in [2.45, 2.75) is 33.2 Å². The van der Waals surface area contributed by atoms with Gasteiger partial charge in [0.05, 0.1) is 5.02 Å². The van der Waals surface area contributed by atoms with Crippen molar-refractivity contribution in [1.82, 2.24) is 20.2 Å². The fourth-order valence-electron chi connectivity index (χ4n) is 2.02. The minimum atomic E-state index is 0.565. The van der Waals surface area contributed by atoms with Crippen molar-refractivity contribution < 1.29 is 0 Å². The van der Waals surface area contributed by atoms with Crippen LogP contribution in [0.4, 0.5) is 5.69 Å². The first-order chi connectivity index (χ1) is 9.15. The third-order valence-electron chi connectivity index (χ3n) is 3.35. The Hall–Kier alpha value is -1.62. The zero-order chi connectivity index (χ0) is 13.8. The van der Waals surface area contributed by atoms with Gasteiger partial charge < -0.3 is 5.73 Å². The summed E-state index contributed by atoms with van der Waals surface area (Å²) in [6.45, 7) is 5.15. The van der Waals surface area contributed by atoms with Gasteiger partial charge in [-0.25, -0.2) is 4.68 Å². The highest BCUT2D eigenvalue weighted by atomic mass is 35.5. The molecular weight excluding hydrogens is 262 g/mol. The minimum absolute atomic E-state index is 0.565. The van der Waals surface area contributed by atoms with Crippen molar-refractivity contribution in [3.05, 3.63) is 23.2 Å². The normalized spacial score (nSPS) is 11.2. The fourth-order valence-corrected chi connectivity index (χ4v) is 2.30. The number of nitrogen functional groups attached to an aromatic ring is 1. The van der Waals surface area contributed by atoms with E-state index in [2.05, 4.69) is 29.4 Å². The Balaban J connectivity index is 2.33. The van der Waals surface area contributed by atoms with Gasteiger partial charge in [0.25, 0.3) is 0 Å². The van der Waals surface area contributed by atoms with Crippen LogP contribution in [-0.4, -0.2) is 20.2 Å². The second-order valence-electron chi connectivity index (χ2n) is 4.61. The van der Waals surface area contributed by atoms with Gasteiger partial charge in [0.1, 0.15) is 0 Å². The summed E-state index contributed by atoms with van der Waals surface area (Å²) in [6, 6.07) is 5.37. The quantitative estimate of drug-likeness (QED) is 0.854. The van der Waals surface area contributed by atoms with E-state index in [4.69, 9.17) is 17.3 Å². The monoisotopic (exact) mass is 279 g/mol. The molecule has 5 nitrogen and oxygen atoms in total. The van der Waals surface area contributed by atoms with Crippen LogP contribution in [0, 0.1) is 5.92 Å². The molecule has 0 amide bonds. The Labute approximate surface area is 117 Å². The lowest BCUT2D eigenvalue weighted by atomic mass is 10.0. The maximum absolute atomic E-state index is 6.21. The van der Waals surface area contributed by atoms with E-state index in [1.54, 1.807) is 12.1 Å². The summed E-state index contributed by atoms with van der Waals surface area (Å²) in [4.78, 5) is 0. The van der Waals surface area contributed by atoms with Gasteiger partial charge in [-0.3, -0.25) is 0 Å². The molecule has 0 saturated heterocycles. The zero-order valence-electron chi connectivity index (χ0n) is 11.2. The van der Waals surface area contributed by atoms with Gasteiger partial charge in [-0.2, -0.15) is 0 Å². The summed E-state index contributed by atoms with van der Waals surface area (Å²) in [5.41, 5.74) is 7.14. The number of hydrogen-bond acceptors (Lipinski definition) is 4. The van der Waals surface area contributed by atoms with E-state index < -0.39 is 0 Å². The average Bonchev–Trinajstić information content (AvgIpc) is 2.84. The molecule has 6 heteroatoms. The van der Waals surface area contributed by atoms with Crippen LogP contribution in [0.1, 0.15) is 26.7 Å². The molecule has 0 aliphatic rings. The first-order valence-electron chi connectivity index (χ1n) is 6.47. The maximum atomic E-state index is 6.21. The molecule has 1 aromatic carbocycles. The lowest BCUT2D eigenvalue weighted by Crippen LogP contribution is -2.12. The predicted molar refractivity (Wildman–Crippen MR) is 76.7 cm³/mol. The number of nitrogens with zero attached hydrogens (tertiary/aromatic N) is 4. The Bertz CT molecular complexity index is 548. The molecule has 1 heterocycles. The lowest BCUT2D eigenvalue weighted by molar-refractivity contribution is 0.392. The fraction of sp³-hybridized carbons (Fsp3) is 0.462. The van der Waals surface area contributed by atoms with Crippen LogP contribution in [0.25, 0.3) is 11.4 Å². The molecule has 102 valence electrons. The molecule has 2 rings (SSSR count). The van der Waals surface area contributed by atoms with Crippen LogP contribution in [0.5, 0.6) is 0 Å². The van der Waals surface area contributed by atoms with Crippen molar-refractivity contribution in [1.29, 1.82) is 0 Å². The van der Waals surface area contributed by atoms with Crippen LogP contribution in [-0.2, 0) is 6.54 Å². The Kier molecular flexibility index (Phi) is 4.37. The smallest absolute Gasteiger partial charge is 0.183 e. The van der Waals surface area contributed by atoms with Crippen LogP contribution in [0.2, 0.25) is 5.02 Å². The number of tetrazole rings is 1. The Morgan fingerprint density at radius 2 is 2.05 bits per heavy atom. The first kappa shape index (κ1) is 13.8. The Morgan fingerprint density at radius 3 is 2.68 bits per heavy atom. The van der Waals surface area contributed by atoms with E-state index in [1.165, 1.54) is 0 Å². The number of rotatable bonds is 5. The van der Waals surface area contributed by atoms with Gasteiger partial charge >= 0.3 is 0 Å². The van der Waals surface area contributed by atoms with Crippen molar-refractivity contribution >= 4 is 17.3 Å². The highest BCUT2D eigenvalue weighted by Gasteiger charge is 2.15. The molecule has 0 aliphatic carbocycles. The van der Waals surface area contributed by atoms with Crippen molar-refractivity contribution in [3.63, 3.8) is 0 Å². The van der Waals surface area contributed by atoms with Crippen LogP contribution >= 0.6 is 11.6 Å². The van der Waals surface area contributed by atoms with E-state index >= 15 is 0 Å². The van der Waals surface area contributed by atoms with E-state index in [1.807, 2.05) is 10.7 Å². The molecule has 0 saturated carbocycles. The molecule has 0 spiro atoms. The van der Waals surface area contributed by atoms with Gasteiger partial charge in [-0.1, -0.05) is 38.3 Å². The van der Waals surface area contributed by atoms with Gasteiger partial charge in [0, 0.05) is 17.8 Å². The third kappa shape index (κ3) is 3.04. The van der Waals surface area contributed by atoms with Crippen molar-refractivity contribution in [2.24, 2.45) is 5.92 Å². The van der Waals surface area contributed by atoms with Crippen LogP contribution in [0.15, 0.2) is 18.2 Å². The molecule has 19 heavy (non-hydrogen) atoms. The van der Waals surface area contributed by atoms with E-state index in [9.17, 15) is 0 Å². The number of aromatic nitrogens is 4. The number of halogens is 1. The topological polar surface area (TPSA) is 69.6 Å². The summed E-state index contributed by atoms with van der Waals surface area (Å²) < 4.78 is 1.81. The molecular formula is C13H18ClN5. The third-order valence-corrected chi connectivity index (χ3v) is 3.66. The largest absolute Gasteiger partial charge is 0.399 e. The molecule has 0 radical (unpaired) electrons. The highest BCUT2D eigenvalue weighted by Crippen LogP contribution is 2.28. The van der Waals surface area contributed by atoms with Gasteiger partial charge in [-0.05, 0) is 34.5 Å². The first-order valence-corrected chi connectivity index (χ1v) is 6.85. The van der Waals surface area contributed by atoms with E-state index in [0.717, 1.165) is 24.9 Å². The second-order valence-corrected chi connectivity index (χ2v) is 5.01. The van der Waals surface area contributed by atoms with Crippen LogP contribution < -0.4 is 5.73 Å². The summed E-state index contributed by atoms with van der Waals surface area (Å²) in [7, 11) is 0. The number of hydrogen-bond donors (Lipinski definition) is 1. The van der Waals surface area contributed by atoms with Crippen molar-refractivity contribution in [3.8, 4) is 11.4 Å². The van der Waals surface area contributed by atoms with E-state index in [0.29, 0.717) is 22.5 Å². The highest BCUT2D eigenvalue weighted by molar-refractivity contribution is 6.33. The molecule has 0 aliphatic heterocycles. The predicted octanol–water partition coefficient (Wildman–Crippen LogP) is 3.01. The lowest BCUT2D eigenvalue weighted by Gasteiger charge is -2.13. The summed E-state index contributed by atoms with van der Waals surface area (Å²) in [5.74, 6) is 1.26. The second kappa shape index (κ2) is 6.02. The Morgan fingerprint density at radius 1 is 1.32 bits per heavy atom. The SMILES string of the molecule is CCC(CC)Cn1nnnc1-c1ccc(N)cc1Cl. The summed E-state index contributed by atoms with van der Waals surface area (Å²) in [6.07, 6.45) is 2.20. The molecule has 0 unspecified atom stereocenters. The van der Waals surface area contributed by atoms with Gasteiger partial charge in [-0.15, -0.1) is 5.10 Å². The molecule has 1 aromatic heterocycles. The average molecular weight is 280 g/mol. The molecule has 0 bridgehead atoms. The van der Waals surface area contributed by atoms with Gasteiger partial charge in [0.2, 0.25) is 0 Å². The zero-order valence-corrected chi connectivity index (χ0v) is 11.9. The number of nitrogens with two attached hydrogens (primary N) is 1. The summed E-state index contributed by atoms with van der Waals surface area (Å²) in [5, 5.41) is 12.5. The molecule has 2 aromatic rings. The molecule has 0 atom stereocenters. The number of anilines is 1. The number of benzene rings is 1. The molecule has 2 N–H and O–H groups in total. The van der Waals surface area contributed by atoms with E-state index in [-0.39, 0.29) is 0 Å².